The SMILES string of the molecule is CC(NC(=O)NC1CCCCC1C(=O)O)C1CC1. The molecule has 0 aromatic heterocycles. The van der Waals surface area contributed by atoms with Gasteiger partial charge in [-0.05, 0) is 38.5 Å². The molecule has 5 nitrogen and oxygen atoms in total. The molecule has 0 saturated heterocycles. The molecule has 5 heteroatoms. The third-order valence-electron chi connectivity index (χ3n) is 4.09. The standard InChI is InChI=1S/C13H22N2O3/c1-8(9-6-7-9)14-13(18)15-11-5-3-2-4-10(11)12(16)17/h8-11H,2-7H2,1H3,(H,16,17)(H2,14,15,18). The third-order valence-corrected chi connectivity index (χ3v) is 4.09. The lowest BCUT2D eigenvalue weighted by atomic mass is 9.84. The van der Waals surface area contributed by atoms with E-state index in [9.17, 15) is 9.59 Å². The number of amides is 2. The quantitative estimate of drug-likeness (QED) is 0.715. The molecule has 2 fully saturated rings. The molecular formula is C13H22N2O3. The number of carbonyl (C=O) groups excluding carboxylic acids is 1. The second-order valence-electron chi connectivity index (χ2n) is 5.58. The summed E-state index contributed by atoms with van der Waals surface area (Å²) in [4.78, 5) is 22.9. The minimum Gasteiger partial charge on any atom is -0.481 e. The maximum absolute atomic E-state index is 11.8. The van der Waals surface area contributed by atoms with Crippen LogP contribution in [0.15, 0.2) is 0 Å². The van der Waals surface area contributed by atoms with E-state index >= 15 is 0 Å². The van der Waals surface area contributed by atoms with Crippen LogP contribution in [0.4, 0.5) is 4.79 Å². The van der Waals surface area contributed by atoms with Crippen LogP contribution in [0.3, 0.4) is 0 Å². The van der Waals surface area contributed by atoms with Crippen LogP contribution in [0.2, 0.25) is 0 Å². The lowest BCUT2D eigenvalue weighted by Crippen LogP contribution is -2.50. The molecule has 0 spiro atoms. The molecule has 18 heavy (non-hydrogen) atoms. The van der Waals surface area contributed by atoms with Gasteiger partial charge in [-0.25, -0.2) is 4.79 Å². The zero-order valence-corrected chi connectivity index (χ0v) is 10.8. The number of nitrogens with one attached hydrogen (secondary N) is 2. The molecule has 0 bridgehead atoms. The van der Waals surface area contributed by atoms with Crippen molar-refractivity contribution in [3.63, 3.8) is 0 Å². The highest BCUT2D eigenvalue weighted by Crippen LogP contribution is 2.32. The molecule has 0 aromatic rings. The Labute approximate surface area is 107 Å². The lowest BCUT2D eigenvalue weighted by molar-refractivity contribution is -0.143. The topological polar surface area (TPSA) is 78.4 Å². The minimum atomic E-state index is -0.796. The molecule has 2 aliphatic rings. The molecule has 2 rings (SSSR count). The van der Waals surface area contributed by atoms with Crippen molar-refractivity contribution in [1.29, 1.82) is 0 Å². The Bertz CT molecular complexity index is 328. The van der Waals surface area contributed by atoms with E-state index in [-0.39, 0.29) is 18.1 Å². The summed E-state index contributed by atoms with van der Waals surface area (Å²) in [5.74, 6) is -0.617. The van der Waals surface area contributed by atoms with Gasteiger partial charge < -0.3 is 15.7 Å². The molecule has 3 unspecified atom stereocenters. The molecule has 0 aliphatic heterocycles. The van der Waals surface area contributed by atoms with E-state index in [1.165, 1.54) is 12.8 Å². The van der Waals surface area contributed by atoms with Gasteiger partial charge in [-0.3, -0.25) is 4.79 Å². The van der Waals surface area contributed by atoms with E-state index in [2.05, 4.69) is 10.6 Å². The van der Waals surface area contributed by atoms with Gasteiger partial charge in [-0.2, -0.15) is 0 Å². The average molecular weight is 254 g/mol. The fourth-order valence-electron chi connectivity index (χ4n) is 2.73. The highest BCUT2D eigenvalue weighted by molar-refractivity contribution is 5.77. The van der Waals surface area contributed by atoms with Gasteiger partial charge in [0.25, 0.3) is 0 Å². The zero-order valence-electron chi connectivity index (χ0n) is 10.8. The summed E-state index contributed by atoms with van der Waals surface area (Å²) in [6.45, 7) is 2.01. The van der Waals surface area contributed by atoms with Gasteiger partial charge in [-0.1, -0.05) is 12.8 Å². The number of carbonyl (C=O) groups is 2. The number of hydrogen-bond donors (Lipinski definition) is 3. The summed E-state index contributed by atoms with van der Waals surface area (Å²) in [7, 11) is 0. The summed E-state index contributed by atoms with van der Waals surface area (Å²) in [5, 5.41) is 14.9. The number of hydrogen-bond acceptors (Lipinski definition) is 2. The van der Waals surface area contributed by atoms with Crippen molar-refractivity contribution in [2.75, 3.05) is 0 Å². The molecule has 2 saturated carbocycles. The summed E-state index contributed by atoms with van der Waals surface area (Å²) in [6, 6.07) is -0.243. The Balaban J connectivity index is 1.82. The Morgan fingerprint density at radius 1 is 1.17 bits per heavy atom. The first-order valence-electron chi connectivity index (χ1n) is 6.87. The summed E-state index contributed by atoms with van der Waals surface area (Å²) in [5.41, 5.74) is 0. The number of urea groups is 1. The van der Waals surface area contributed by atoms with Crippen molar-refractivity contribution in [3.05, 3.63) is 0 Å². The first-order valence-corrected chi connectivity index (χ1v) is 6.87. The predicted molar refractivity (Wildman–Crippen MR) is 67.2 cm³/mol. The largest absolute Gasteiger partial charge is 0.481 e. The van der Waals surface area contributed by atoms with Crippen molar-refractivity contribution in [2.24, 2.45) is 11.8 Å². The van der Waals surface area contributed by atoms with Crippen molar-refractivity contribution < 1.29 is 14.7 Å². The van der Waals surface area contributed by atoms with Crippen molar-refractivity contribution in [3.8, 4) is 0 Å². The molecule has 0 heterocycles. The van der Waals surface area contributed by atoms with Gasteiger partial charge in [0.15, 0.2) is 0 Å². The number of carboxylic acids is 1. The van der Waals surface area contributed by atoms with E-state index in [0.717, 1.165) is 19.3 Å². The van der Waals surface area contributed by atoms with Gasteiger partial charge in [0, 0.05) is 12.1 Å². The summed E-state index contributed by atoms with van der Waals surface area (Å²) < 4.78 is 0. The summed E-state index contributed by atoms with van der Waals surface area (Å²) >= 11 is 0. The first-order chi connectivity index (χ1) is 8.58. The predicted octanol–water partition coefficient (Wildman–Crippen LogP) is 1.73. The van der Waals surface area contributed by atoms with E-state index in [0.29, 0.717) is 12.3 Å². The Hall–Kier alpha value is -1.26. The average Bonchev–Trinajstić information content (AvgIpc) is 3.12. The van der Waals surface area contributed by atoms with Crippen LogP contribution in [0.1, 0.15) is 45.4 Å². The van der Waals surface area contributed by atoms with Gasteiger partial charge >= 0.3 is 12.0 Å². The Kier molecular flexibility index (Phi) is 4.09. The van der Waals surface area contributed by atoms with Gasteiger partial charge in [-0.15, -0.1) is 0 Å². The third kappa shape index (κ3) is 3.37. The molecule has 0 aromatic carbocycles. The van der Waals surface area contributed by atoms with Crippen LogP contribution in [-0.4, -0.2) is 29.2 Å². The maximum Gasteiger partial charge on any atom is 0.315 e. The van der Waals surface area contributed by atoms with Crippen LogP contribution in [0, 0.1) is 11.8 Å². The second-order valence-corrected chi connectivity index (χ2v) is 5.58. The fourth-order valence-corrected chi connectivity index (χ4v) is 2.73. The highest BCUT2D eigenvalue weighted by Gasteiger charge is 2.33. The molecule has 3 N–H and O–H groups in total. The van der Waals surface area contributed by atoms with Crippen molar-refractivity contribution >= 4 is 12.0 Å². The normalized spacial score (nSPS) is 29.4. The van der Waals surface area contributed by atoms with Gasteiger partial charge in [0.05, 0.1) is 5.92 Å². The molecular weight excluding hydrogens is 232 g/mol. The lowest BCUT2D eigenvalue weighted by Gasteiger charge is -2.29. The van der Waals surface area contributed by atoms with Crippen LogP contribution < -0.4 is 10.6 Å². The molecule has 3 atom stereocenters. The van der Waals surface area contributed by atoms with Crippen molar-refractivity contribution in [1.82, 2.24) is 10.6 Å². The monoisotopic (exact) mass is 254 g/mol. The van der Waals surface area contributed by atoms with Crippen LogP contribution in [0.5, 0.6) is 0 Å². The molecule has 2 aliphatic carbocycles. The first kappa shape index (κ1) is 13.2. The number of aliphatic carboxylic acids is 1. The zero-order chi connectivity index (χ0) is 13.1. The van der Waals surface area contributed by atoms with E-state index in [4.69, 9.17) is 5.11 Å². The maximum atomic E-state index is 11.8. The number of carboxylic acid groups (broad SMARTS) is 1. The van der Waals surface area contributed by atoms with E-state index < -0.39 is 11.9 Å². The van der Waals surface area contributed by atoms with Crippen LogP contribution in [0.25, 0.3) is 0 Å². The number of rotatable bonds is 4. The molecule has 0 radical (unpaired) electrons. The smallest absolute Gasteiger partial charge is 0.315 e. The van der Waals surface area contributed by atoms with Crippen molar-refractivity contribution in [2.45, 2.75) is 57.5 Å². The highest BCUT2D eigenvalue weighted by atomic mass is 16.4. The van der Waals surface area contributed by atoms with Crippen LogP contribution >= 0.6 is 0 Å². The van der Waals surface area contributed by atoms with Gasteiger partial charge in [0.2, 0.25) is 0 Å². The van der Waals surface area contributed by atoms with E-state index in [1.807, 2.05) is 6.92 Å². The van der Waals surface area contributed by atoms with Crippen LogP contribution in [-0.2, 0) is 4.79 Å². The van der Waals surface area contributed by atoms with Gasteiger partial charge in [0.1, 0.15) is 0 Å². The Morgan fingerprint density at radius 3 is 2.44 bits per heavy atom. The molecule has 2 amide bonds. The summed E-state index contributed by atoms with van der Waals surface area (Å²) in [6.07, 6.45) is 5.73. The minimum absolute atomic E-state index is 0.192. The Morgan fingerprint density at radius 2 is 1.83 bits per heavy atom. The molecule has 102 valence electrons. The fraction of sp³-hybridized carbons (Fsp3) is 0.846. The van der Waals surface area contributed by atoms with E-state index in [1.54, 1.807) is 0 Å². The second kappa shape index (κ2) is 5.59.